The number of hydrogen-bond donors (Lipinski definition) is 2. The van der Waals surface area contributed by atoms with Gasteiger partial charge in [0, 0.05) is 42.7 Å². The molecule has 176 valence electrons. The Morgan fingerprint density at radius 1 is 1.15 bits per heavy atom. The molecule has 0 bridgehead atoms. The van der Waals surface area contributed by atoms with Gasteiger partial charge in [0.25, 0.3) is 0 Å². The molecule has 3 aliphatic rings. The molecule has 7 heteroatoms. The first-order chi connectivity index (χ1) is 16.1. The van der Waals surface area contributed by atoms with Crippen LogP contribution in [-0.2, 0) is 7.05 Å². The van der Waals surface area contributed by atoms with E-state index < -0.39 is 6.23 Å². The van der Waals surface area contributed by atoms with Crippen LogP contribution in [0.5, 0.6) is 0 Å². The summed E-state index contributed by atoms with van der Waals surface area (Å²) < 4.78 is 2.27. The second-order valence-corrected chi connectivity index (χ2v) is 10.7. The molecule has 1 aliphatic heterocycles. The molecule has 33 heavy (non-hydrogen) atoms. The molecule has 1 saturated heterocycles. The molecule has 0 radical (unpaired) electrons. The van der Waals surface area contributed by atoms with Gasteiger partial charge in [-0.1, -0.05) is 30.7 Å². The van der Waals surface area contributed by atoms with Crippen LogP contribution in [0.4, 0.5) is 0 Å². The molecule has 1 aromatic carbocycles. The van der Waals surface area contributed by atoms with Crippen molar-refractivity contribution in [2.45, 2.75) is 88.3 Å². The van der Waals surface area contributed by atoms with Gasteiger partial charge in [-0.3, -0.25) is 4.90 Å². The number of aryl methyl sites for hydroxylation is 1. The van der Waals surface area contributed by atoms with E-state index in [2.05, 4.69) is 68.5 Å². The van der Waals surface area contributed by atoms with Crippen molar-refractivity contribution in [2.75, 3.05) is 6.54 Å². The lowest BCUT2D eigenvalue weighted by Gasteiger charge is -2.48. The zero-order valence-electron chi connectivity index (χ0n) is 19.8. The third kappa shape index (κ3) is 3.79. The van der Waals surface area contributed by atoms with Crippen molar-refractivity contribution >= 4 is 10.9 Å². The minimum atomic E-state index is -0.417. The summed E-state index contributed by atoms with van der Waals surface area (Å²) in [7, 11) is 2.15. The molecule has 2 saturated carbocycles. The number of benzene rings is 1. The fourth-order valence-corrected chi connectivity index (χ4v) is 6.94. The van der Waals surface area contributed by atoms with Crippen LogP contribution in [0.3, 0.4) is 0 Å². The first-order valence-electron chi connectivity index (χ1n) is 12.9. The van der Waals surface area contributed by atoms with E-state index in [4.69, 9.17) is 0 Å². The van der Waals surface area contributed by atoms with E-state index in [1.54, 1.807) is 0 Å². The number of likely N-dealkylation sites (tertiary alicyclic amines) is 1. The van der Waals surface area contributed by atoms with Crippen molar-refractivity contribution in [3.05, 3.63) is 41.3 Å². The highest BCUT2D eigenvalue weighted by molar-refractivity contribution is 5.88. The Morgan fingerprint density at radius 2 is 2.03 bits per heavy atom. The number of aromatic nitrogens is 5. The number of tetrazole rings is 1. The van der Waals surface area contributed by atoms with Crippen LogP contribution in [-0.4, -0.2) is 54.0 Å². The molecule has 5 unspecified atom stereocenters. The van der Waals surface area contributed by atoms with Gasteiger partial charge in [0.15, 0.2) is 5.82 Å². The number of hydrogen-bond acceptors (Lipinski definition) is 5. The zero-order valence-corrected chi connectivity index (χ0v) is 19.8. The maximum absolute atomic E-state index is 11.5. The number of piperidine rings is 1. The van der Waals surface area contributed by atoms with Gasteiger partial charge < -0.3 is 9.67 Å². The Labute approximate surface area is 195 Å². The van der Waals surface area contributed by atoms with E-state index in [-0.39, 0.29) is 0 Å². The predicted molar refractivity (Wildman–Crippen MR) is 128 cm³/mol. The highest BCUT2D eigenvalue weighted by Gasteiger charge is 2.43. The average Bonchev–Trinajstić information content (AvgIpc) is 3.42. The summed E-state index contributed by atoms with van der Waals surface area (Å²) in [5.41, 5.74) is 4.23. The molecule has 2 aromatic heterocycles. The number of H-pyrrole nitrogens is 1. The average molecular weight is 449 g/mol. The van der Waals surface area contributed by atoms with Gasteiger partial charge in [-0.25, -0.2) is 0 Å². The maximum Gasteiger partial charge on any atom is 0.177 e. The quantitative estimate of drug-likeness (QED) is 0.583. The molecular formula is C26H36N6O. The van der Waals surface area contributed by atoms with Crippen LogP contribution < -0.4 is 0 Å². The van der Waals surface area contributed by atoms with Gasteiger partial charge in [-0.05, 0) is 79.9 Å². The van der Waals surface area contributed by atoms with Gasteiger partial charge >= 0.3 is 0 Å². The largest absolute Gasteiger partial charge is 0.378 e. The molecular weight excluding hydrogens is 412 g/mol. The van der Waals surface area contributed by atoms with Crippen molar-refractivity contribution in [1.29, 1.82) is 0 Å². The van der Waals surface area contributed by atoms with E-state index in [1.165, 1.54) is 41.3 Å². The van der Waals surface area contributed by atoms with Crippen molar-refractivity contribution in [1.82, 2.24) is 30.1 Å². The minimum Gasteiger partial charge on any atom is -0.378 e. The van der Waals surface area contributed by atoms with Crippen molar-refractivity contribution in [2.24, 2.45) is 13.0 Å². The Balaban J connectivity index is 1.23. The number of rotatable bonds is 6. The van der Waals surface area contributed by atoms with E-state index in [0.717, 1.165) is 50.4 Å². The molecule has 3 fully saturated rings. The number of nitrogens with one attached hydrogen (secondary N) is 1. The van der Waals surface area contributed by atoms with Crippen LogP contribution >= 0.6 is 0 Å². The van der Waals surface area contributed by atoms with Gasteiger partial charge in [0.05, 0.1) is 0 Å². The van der Waals surface area contributed by atoms with Crippen LogP contribution in [0.25, 0.3) is 10.9 Å². The normalized spacial score (nSPS) is 28.0. The zero-order chi connectivity index (χ0) is 22.5. The molecule has 5 atom stereocenters. The van der Waals surface area contributed by atoms with Crippen LogP contribution in [0.15, 0.2) is 24.4 Å². The molecule has 3 aromatic rings. The lowest BCUT2D eigenvalue weighted by Crippen LogP contribution is -2.53. The Morgan fingerprint density at radius 3 is 2.82 bits per heavy atom. The lowest BCUT2D eigenvalue weighted by atomic mass is 9.70. The summed E-state index contributed by atoms with van der Waals surface area (Å²) in [6.45, 7) is 3.28. The van der Waals surface area contributed by atoms with Gasteiger partial charge in [-0.15, -0.1) is 10.2 Å². The van der Waals surface area contributed by atoms with Crippen molar-refractivity contribution in [3.8, 4) is 0 Å². The molecule has 2 aliphatic carbocycles. The number of aromatic amines is 1. The van der Waals surface area contributed by atoms with Gasteiger partial charge in [0.2, 0.25) is 0 Å². The highest BCUT2D eigenvalue weighted by atomic mass is 16.3. The third-order valence-corrected chi connectivity index (χ3v) is 8.67. The first-order valence-corrected chi connectivity index (χ1v) is 12.9. The van der Waals surface area contributed by atoms with Crippen molar-refractivity contribution < 1.29 is 5.11 Å². The smallest absolute Gasteiger partial charge is 0.177 e. The van der Waals surface area contributed by atoms with E-state index in [9.17, 15) is 5.11 Å². The third-order valence-electron chi connectivity index (χ3n) is 8.67. The van der Waals surface area contributed by atoms with E-state index >= 15 is 0 Å². The Bertz CT molecular complexity index is 1100. The molecule has 2 N–H and O–H groups in total. The topological polar surface area (TPSA) is 82.9 Å². The molecule has 6 rings (SSSR count). The second-order valence-electron chi connectivity index (χ2n) is 10.7. The summed E-state index contributed by atoms with van der Waals surface area (Å²) >= 11 is 0. The molecule has 7 nitrogen and oxygen atoms in total. The fourth-order valence-electron chi connectivity index (χ4n) is 6.94. The van der Waals surface area contributed by atoms with Crippen LogP contribution in [0, 0.1) is 5.92 Å². The Kier molecular flexibility index (Phi) is 5.49. The van der Waals surface area contributed by atoms with E-state index in [0.29, 0.717) is 23.8 Å². The lowest BCUT2D eigenvalue weighted by molar-refractivity contribution is -0.0810. The highest BCUT2D eigenvalue weighted by Crippen LogP contribution is 2.47. The van der Waals surface area contributed by atoms with E-state index in [1.807, 2.05) is 0 Å². The number of nitrogens with zero attached hydrogens (tertiary/aromatic N) is 5. The summed E-state index contributed by atoms with van der Waals surface area (Å²) in [4.78, 5) is 2.41. The molecule has 3 heterocycles. The molecule has 0 amide bonds. The van der Waals surface area contributed by atoms with Crippen LogP contribution in [0.1, 0.15) is 93.0 Å². The SMILES string of the molecule is CC(CC(O)N1CCCC2C(c3nn[nH]n3)CCCC21)c1cn(C)c2cccc(C3CC3)c12. The number of fused-ring (bicyclic) bond motifs is 2. The summed E-state index contributed by atoms with van der Waals surface area (Å²) in [6, 6.07) is 7.18. The van der Waals surface area contributed by atoms with Crippen LogP contribution in [0.2, 0.25) is 0 Å². The summed E-state index contributed by atoms with van der Waals surface area (Å²) in [5.74, 6) is 2.75. The maximum atomic E-state index is 11.5. The Hall–Kier alpha value is -2.25. The summed E-state index contributed by atoms with van der Waals surface area (Å²) in [5, 5.41) is 28.0. The number of aliphatic hydroxyl groups is 1. The van der Waals surface area contributed by atoms with Crippen molar-refractivity contribution in [3.63, 3.8) is 0 Å². The number of aliphatic hydroxyl groups excluding tert-OH is 1. The first kappa shape index (κ1) is 21.3. The minimum absolute atomic E-state index is 0.306. The predicted octanol–water partition coefficient (Wildman–Crippen LogP) is 4.43. The molecule has 0 spiro atoms. The monoisotopic (exact) mass is 448 g/mol. The second kappa shape index (κ2) is 8.51. The van der Waals surface area contributed by atoms with Gasteiger partial charge in [-0.2, -0.15) is 5.21 Å². The summed E-state index contributed by atoms with van der Waals surface area (Å²) in [6.07, 6.45) is 11.0. The van der Waals surface area contributed by atoms with Gasteiger partial charge in [0.1, 0.15) is 6.23 Å². The fraction of sp³-hybridized carbons (Fsp3) is 0.654. The standard InChI is InChI=1S/C26H36N6O/c1-16(21-15-31(2)23-10-3-6-18(25(21)23)17-11-12-17)14-24(33)32-13-5-8-19-20(7-4-9-22(19)32)26-27-29-30-28-26/h3,6,10,15-17,19-20,22,24,33H,4-5,7-9,11-14H2,1-2H3,(H,27,28,29,30).